The number of aromatic nitrogens is 3. The maximum Gasteiger partial charge on any atom is 0.270 e. The number of nitrogens with one attached hydrogen (secondary N) is 2. The molecular formula is C18H17N5O4. The Morgan fingerprint density at radius 3 is 2.74 bits per heavy atom. The number of benzene rings is 1. The molecule has 0 bridgehead atoms. The van der Waals surface area contributed by atoms with E-state index in [1.807, 2.05) is 18.2 Å². The Morgan fingerprint density at radius 1 is 1.07 bits per heavy atom. The predicted molar refractivity (Wildman–Crippen MR) is 95.0 cm³/mol. The number of hydrogen-bond acceptors (Lipinski definition) is 8. The van der Waals surface area contributed by atoms with Crippen LogP contribution in [0.25, 0.3) is 0 Å². The predicted octanol–water partition coefficient (Wildman–Crippen LogP) is 2.48. The van der Waals surface area contributed by atoms with Crippen molar-refractivity contribution in [1.82, 2.24) is 20.4 Å². The molecule has 138 valence electrons. The summed E-state index contributed by atoms with van der Waals surface area (Å²) in [5.41, 5.74) is 1.15. The third-order valence-electron chi connectivity index (χ3n) is 3.84. The van der Waals surface area contributed by atoms with Gasteiger partial charge in [-0.2, -0.15) is 0 Å². The quantitative estimate of drug-likeness (QED) is 0.707. The van der Waals surface area contributed by atoms with Gasteiger partial charge in [-0.3, -0.25) is 4.79 Å². The van der Waals surface area contributed by atoms with Crippen molar-refractivity contribution in [2.45, 2.75) is 20.4 Å². The lowest BCUT2D eigenvalue weighted by Gasteiger charge is -2.08. The number of aryl methyl sites for hydroxylation is 2. The van der Waals surface area contributed by atoms with Crippen LogP contribution in [-0.4, -0.2) is 27.8 Å². The fraction of sp³-hybridized carbons (Fsp3) is 0.222. The molecule has 3 heterocycles. The highest BCUT2D eigenvalue weighted by molar-refractivity contribution is 5.93. The van der Waals surface area contributed by atoms with E-state index < -0.39 is 0 Å². The van der Waals surface area contributed by atoms with E-state index in [0.717, 1.165) is 5.56 Å². The molecule has 3 aromatic rings. The molecule has 2 aromatic heterocycles. The largest absolute Gasteiger partial charge is 0.454 e. The summed E-state index contributed by atoms with van der Waals surface area (Å²) in [7, 11) is 0. The zero-order valence-corrected chi connectivity index (χ0v) is 14.8. The molecule has 1 amide bonds. The standard InChI is InChI=1S/C18H17N5O4/c1-10-5-17(23-27-10)22-16-7-13(20-11(2)21-16)18(24)19-8-12-3-4-14-15(6-12)26-9-25-14/h3-7H,8-9H2,1-2H3,(H,19,24)(H,20,21,22,23). The van der Waals surface area contributed by atoms with Crippen LogP contribution in [0.1, 0.15) is 27.6 Å². The molecule has 2 N–H and O–H groups in total. The highest BCUT2D eigenvalue weighted by Crippen LogP contribution is 2.32. The van der Waals surface area contributed by atoms with Crippen molar-refractivity contribution in [3.8, 4) is 11.5 Å². The normalized spacial score (nSPS) is 12.1. The molecule has 9 heteroatoms. The van der Waals surface area contributed by atoms with Crippen LogP contribution in [0, 0.1) is 13.8 Å². The molecule has 4 rings (SSSR count). The van der Waals surface area contributed by atoms with Crippen molar-refractivity contribution in [1.29, 1.82) is 0 Å². The minimum absolute atomic E-state index is 0.214. The first-order valence-corrected chi connectivity index (χ1v) is 8.29. The minimum atomic E-state index is -0.308. The first-order valence-electron chi connectivity index (χ1n) is 8.29. The topological polar surface area (TPSA) is 111 Å². The third-order valence-corrected chi connectivity index (χ3v) is 3.84. The van der Waals surface area contributed by atoms with Crippen LogP contribution in [0.15, 0.2) is 34.9 Å². The van der Waals surface area contributed by atoms with Crippen molar-refractivity contribution >= 4 is 17.5 Å². The molecule has 9 nitrogen and oxygen atoms in total. The van der Waals surface area contributed by atoms with Crippen LogP contribution in [0.5, 0.6) is 11.5 Å². The van der Waals surface area contributed by atoms with Gasteiger partial charge < -0.3 is 24.6 Å². The van der Waals surface area contributed by atoms with Crippen LogP contribution in [-0.2, 0) is 6.54 Å². The number of ether oxygens (including phenoxy) is 2. The van der Waals surface area contributed by atoms with Gasteiger partial charge in [0.15, 0.2) is 17.3 Å². The molecule has 1 aliphatic rings. The molecule has 1 aliphatic heterocycles. The van der Waals surface area contributed by atoms with Gasteiger partial charge in [0.2, 0.25) is 6.79 Å². The average Bonchev–Trinajstić information content (AvgIpc) is 3.27. The lowest BCUT2D eigenvalue weighted by atomic mass is 10.2. The molecule has 1 aromatic carbocycles. The zero-order valence-electron chi connectivity index (χ0n) is 14.8. The van der Waals surface area contributed by atoms with E-state index in [1.165, 1.54) is 0 Å². The minimum Gasteiger partial charge on any atom is -0.454 e. The molecule has 27 heavy (non-hydrogen) atoms. The average molecular weight is 367 g/mol. The van der Waals surface area contributed by atoms with Crippen LogP contribution in [0.2, 0.25) is 0 Å². The summed E-state index contributed by atoms with van der Waals surface area (Å²) in [5, 5.41) is 9.69. The molecule has 0 aliphatic carbocycles. The Balaban J connectivity index is 1.45. The van der Waals surface area contributed by atoms with Gasteiger partial charge in [0.05, 0.1) is 0 Å². The first kappa shape index (κ1) is 16.8. The molecular weight excluding hydrogens is 350 g/mol. The summed E-state index contributed by atoms with van der Waals surface area (Å²) < 4.78 is 15.6. The monoisotopic (exact) mass is 367 g/mol. The number of fused-ring (bicyclic) bond motifs is 1. The Hall–Kier alpha value is -3.62. The number of carbonyl (C=O) groups is 1. The van der Waals surface area contributed by atoms with E-state index in [0.29, 0.717) is 41.3 Å². The van der Waals surface area contributed by atoms with Gasteiger partial charge in [-0.25, -0.2) is 9.97 Å². The number of carbonyl (C=O) groups excluding carboxylic acids is 1. The second-order valence-corrected chi connectivity index (χ2v) is 6.00. The molecule has 0 fully saturated rings. The van der Waals surface area contributed by atoms with Gasteiger partial charge in [-0.05, 0) is 31.5 Å². The first-order chi connectivity index (χ1) is 13.1. The van der Waals surface area contributed by atoms with E-state index in [1.54, 1.807) is 26.0 Å². The molecule has 0 saturated heterocycles. The fourth-order valence-corrected chi connectivity index (χ4v) is 2.63. The second-order valence-electron chi connectivity index (χ2n) is 6.00. The second kappa shape index (κ2) is 6.94. The number of amides is 1. The van der Waals surface area contributed by atoms with Crippen molar-refractivity contribution in [3.63, 3.8) is 0 Å². The fourth-order valence-electron chi connectivity index (χ4n) is 2.63. The molecule has 0 unspecified atom stereocenters. The summed E-state index contributed by atoms with van der Waals surface area (Å²) in [6.45, 7) is 4.06. The highest BCUT2D eigenvalue weighted by atomic mass is 16.7. The Morgan fingerprint density at radius 2 is 1.93 bits per heavy atom. The number of anilines is 2. The highest BCUT2D eigenvalue weighted by Gasteiger charge is 2.15. The van der Waals surface area contributed by atoms with Crippen LogP contribution >= 0.6 is 0 Å². The van der Waals surface area contributed by atoms with E-state index in [-0.39, 0.29) is 18.4 Å². The number of rotatable bonds is 5. The molecule has 0 saturated carbocycles. The summed E-state index contributed by atoms with van der Waals surface area (Å²) in [4.78, 5) is 21.0. The summed E-state index contributed by atoms with van der Waals surface area (Å²) in [6.07, 6.45) is 0. The van der Waals surface area contributed by atoms with Gasteiger partial charge in [-0.1, -0.05) is 11.2 Å². The maximum absolute atomic E-state index is 12.5. The van der Waals surface area contributed by atoms with Gasteiger partial charge in [0.25, 0.3) is 5.91 Å². The SMILES string of the molecule is Cc1nc(Nc2cc(C)on2)cc(C(=O)NCc2ccc3c(c2)OCO3)n1. The Bertz CT molecular complexity index is 1000. The van der Waals surface area contributed by atoms with E-state index in [4.69, 9.17) is 14.0 Å². The third kappa shape index (κ3) is 3.81. The van der Waals surface area contributed by atoms with Crippen molar-refractivity contribution in [3.05, 3.63) is 53.2 Å². The van der Waals surface area contributed by atoms with Crippen LogP contribution in [0.4, 0.5) is 11.6 Å². The van der Waals surface area contributed by atoms with Crippen molar-refractivity contribution in [2.75, 3.05) is 12.1 Å². The van der Waals surface area contributed by atoms with E-state index in [9.17, 15) is 4.79 Å². The smallest absolute Gasteiger partial charge is 0.270 e. The summed E-state index contributed by atoms with van der Waals surface area (Å²) in [6, 6.07) is 8.83. The van der Waals surface area contributed by atoms with Gasteiger partial charge in [0.1, 0.15) is 23.1 Å². The number of hydrogen-bond donors (Lipinski definition) is 2. The summed E-state index contributed by atoms with van der Waals surface area (Å²) in [5.74, 6) is 3.18. The van der Waals surface area contributed by atoms with Gasteiger partial charge >= 0.3 is 0 Å². The van der Waals surface area contributed by atoms with Crippen molar-refractivity contribution in [2.24, 2.45) is 0 Å². The molecule has 0 radical (unpaired) electrons. The Labute approximate surface area is 154 Å². The van der Waals surface area contributed by atoms with Crippen LogP contribution in [0.3, 0.4) is 0 Å². The maximum atomic E-state index is 12.5. The summed E-state index contributed by atoms with van der Waals surface area (Å²) >= 11 is 0. The number of nitrogens with zero attached hydrogens (tertiary/aromatic N) is 3. The lowest BCUT2D eigenvalue weighted by molar-refractivity contribution is 0.0945. The lowest BCUT2D eigenvalue weighted by Crippen LogP contribution is -2.24. The van der Waals surface area contributed by atoms with Crippen LogP contribution < -0.4 is 20.1 Å². The van der Waals surface area contributed by atoms with Gasteiger partial charge in [0, 0.05) is 18.7 Å². The van der Waals surface area contributed by atoms with E-state index >= 15 is 0 Å². The van der Waals surface area contributed by atoms with Crippen molar-refractivity contribution < 1.29 is 18.8 Å². The van der Waals surface area contributed by atoms with E-state index in [2.05, 4.69) is 25.8 Å². The Kier molecular flexibility index (Phi) is 4.33. The van der Waals surface area contributed by atoms with Gasteiger partial charge in [-0.15, -0.1) is 0 Å². The molecule has 0 spiro atoms. The zero-order chi connectivity index (χ0) is 18.8. The molecule has 0 atom stereocenters.